The Labute approximate surface area is 117 Å². The highest BCUT2D eigenvalue weighted by atomic mass is 35.5. The van der Waals surface area contributed by atoms with Gasteiger partial charge in [0.2, 0.25) is 0 Å². The second kappa shape index (κ2) is 5.48. The Hall–Kier alpha value is -1.75. The zero-order chi connectivity index (χ0) is 14.0. The number of hydrogen-bond acceptors (Lipinski definition) is 4. The first-order valence-corrected chi connectivity index (χ1v) is 6.42. The molecule has 2 rings (SSSR count). The van der Waals surface area contributed by atoms with Crippen molar-refractivity contribution in [2.75, 3.05) is 12.8 Å². The number of ether oxygens (including phenoxy) is 1. The Morgan fingerprint density at radius 1 is 1.42 bits per heavy atom. The lowest BCUT2D eigenvalue weighted by Gasteiger charge is -2.13. The average Bonchev–Trinajstić information content (AvgIpc) is 2.79. The molecule has 0 aliphatic rings. The van der Waals surface area contributed by atoms with Gasteiger partial charge in [-0.2, -0.15) is 0 Å². The zero-order valence-corrected chi connectivity index (χ0v) is 12.0. The van der Waals surface area contributed by atoms with E-state index in [4.69, 9.17) is 22.1 Å². The van der Waals surface area contributed by atoms with Gasteiger partial charge in [-0.3, -0.25) is 0 Å². The number of nitrogen functional groups attached to an aromatic ring is 1. The molecule has 0 fully saturated rings. The van der Waals surface area contributed by atoms with Crippen LogP contribution >= 0.6 is 11.6 Å². The van der Waals surface area contributed by atoms with Crippen LogP contribution in [-0.4, -0.2) is 21.9 Å². The van der Waals surface area contributed by atoms with Crippen LogP contribution in [0.5, 0.6) is 5.75 Å². The summed E-state index contributed by atoms with van der Waals surface area (Å²) in [4.78, 5) is 0. The van der Waals surface area contributed by atoms with E-state index in [0.717, 1.165) is 17.9 Å². The van der Waals surface area contributed by atoms with Crippen LogP contribution in [0.2, 0.25) is 5.02 Å². The Morgan fingerprint density at radius 2 is 2.16 bits per heavy atom. The largest absolute Gasteiger partial charge is 0.496 e. The number of rotatable bonds is 4. The maximum atomic E-state index is 6.08. The quantitative estimate of drug-likeness (QED) is 0.875. The Morgan fingerprint density at radius 3 is 2.79 bits per heavy atom. The molecular weight excluding hydrogens is 264 g/mol. The summed E-state index contributed by atoms with van der Waals surface area (Å²) in [6.45, 7) is 5.10. The molecule has 19 heavy (non-hydrogen) atoms. The molecule has 1 heterocycles. The first-order valence-electron chi connectivity index (χ1n) is 6.04. The molecular formula is C13H17ClN4O. The fourth-order valence-electron chi connectivity index (χ4n) is 1.90. The van der Waals surface area contributed by atoms with Crippen molar-refractivity contribution < 1.29 is 4.74 Å². The molecule has 0 spiro atoms. The van der Waals surface area contributed by atoms with Crippen LogP contribution in [0.15, 0.2) is 18.5 Å². The monoisotopic (exact) mass is 280 g/mol. The predicted octanol–water partition coefficient (Wildman–Crippen LogP) is 2.85. The second-order valence-electron chi connectivity index (χ2n) is 4.77. The molecule has 5 nitrogen and oxygen atoms in total. The molecule has 1 aromatic heterocycles. The topological polar surface area (TPSA) is 66.0 Å². The maximum absolute atomic E-state index is 6.08. The minimum absolute atomic E-state index is 0.481. The summed E-state index contributed by atoms with van der Waals surface area (Å²) in [5, 5.41) is 8.60. The first kappa shape index (κ1) is 13.7. The Kier molecular flexibility index (Phi) is 3.95. The highest BCUT2D eigenvalue weighted by molar-refractivity contribution is 6.33. The Bertz CT molecular complexity index is 580. The molecule has 0 saturated carbocycles. The molecule has 1 aromatic carbocycles. The third kappa shape index (κ3) is 2.81. The standard InChI is InChI=1S/C13H17ClN4O/c1-8(2)6-18-7-16-17-13(18)9-4-10(14)11(15)5-12(9)19-3/h4-5,7-8H,6,15H2,1-3H3. The summed E-state index contributed by atoms with van der Waals surface area (Å²) >= 11 is 6.08. The van der Waals surface area contributed by atoms with E-state index in [1.807, 2.05) is 4.57 Å². The van der Waals surface area contributed by atoms with E-state index in [0.29, 0.717) is 22.4 Å². The van der Waals surface area contributed by atoms with E-state index in [9.17, 15) is 0 Å². The smallest absolute Gasteiger partial charge is 0.167 e. The number of aromatic nitrogens is 3. The average molecular weight is 281 g/mol. The van der Waals surface area contributed by atoms with Gasteiger partial charge in [0.25, 0.3) is 0 Å². The minimum Gasteiger partial charge on any atom is -0.496 e. The molecule has 0 aliphatic heterocycles. The van der Waals surface area contributed by atoms with Crippen molar-refractivity contribution in [1.82, 2.24) is 14.8 Å². The van der Waals surface area contributed by atoms with Gasteiger partial charge in [0, 0.05) is 12.6 Å². The third-order valence-electron chi connectivity index (χ3n) is 2.74. The van der Waals surface area contributed by atoms with Crippen molar-refractivity contribution in [3.63, 3.8) is 0 Å². The van der Waals surface area contributed by atoms with Crippen LogP contribution in [0.1, 0.15) is 13.8 Å². The molecule has 102 valence electrons. The van der Waals surface area contributed by atoms with E-state index >= 15 is 0 Å². The summed E-state index contributed by atoms with van der Waals surface area (Å²) in [6.07, 6.45) is 1.71. The zero-order valence-electron chi connectivity index (χ0n) is 11.2. The molecule has 0 aliphatic carbocycles. The van der Waals surface area contributed by atoms with Gasteiger partial charge in [-0.15, -0.1) is 10.2 Å². The second-order valence-corrected chi connectivity index (χ2v) is 5.18. The molecule has 2 aromatic rings. The lowest BCUT2D eigenvalue weighted by Crippen LogP contribution is -2.06. The highest BCUT2D eigenvalue weighted by Gasteiger charge is 2.15. The fraction of sp³-hybridized carbons (Fsp3) is 0.385. The number of nitrogens with two attached hydrogens (primary N) is 1. The van der Waals surface area contributed by atoms with Gasteiger partial charge < -0.3 is 15.0 Å². The first-order chi connectivity index (χ1) is 9.02. The van der Waals surface area contributed by atoms with E-state index in [1.165, 1.54) is 0 Å². The number of halogens is 1. The predicted molar refractivity (Wildman–Crippen MR) is 76.3 cm³/mol. The molecule has 0 amide bonds. The lowest BCUT2D eigenvalue weighted by molar-refractivity contribution is 0.415. The Balaban J connectivity index is 2.52. The summed E-state index contributed by atoms with van der Waals surface area (Å²) in [5.74, 6) is 1.86. The third-order valence-corrected chi connectivity index (χ3v) is 3.06. The summed E-state index contributed by atoms with van der Waals surface area (Å²) in [7, 11) is 1.59. The number of nitrogens with zero attached hydrogens (tertiary/aromatic N) is 3. The van der Waals surface area contributed by atoms with Crippen molar-refractivity contribution in [1.29, 1.82) is 0 Å². The lowest BCUT2D eigenvalue weighted by atomic mass is 10.1. The van der Waals surface area contributed by atoms with Gasteiger partial charge in [-0.1, -0.05) is 25.4 Å². The SMILES string of the molecule is COc1cc(N)c(Cl)cc1-c1nncn1CC(C)C. The fourth-order valence-corrected chi connectivity index (χ4v) is 2.07. The van der Waals surface area contributed by atoms with Gasteiger partial charge in [0.1, 0.15) is 12.1 Å². The molecule has 0 atom stereocenters. The maximum Gasteiger partial charge on any atom is 0.167 e. The van der Waals surface area contributed by atoms with E-state index in [2.05, 4.69) is 24.0 Å². The van der Waals surface area contributed by atoms with Crippen molar-refractivity contribution in [2.24, 2.45) is 5.92 Å². The van der Waals surface area contributed by atoms with E-state index in [-0.39, 0.29) is 0 Å². The van der Waals surface area contributed by atoms with Gasteiger partial charge in [-0.25, -0.2) is 0 Å². The molecule has 0 bridgehead atoms. The van der Waals surface area contributed by atoms with Crippen LogP contribution < -0.4 is 10.5 Å². The molecule has 2 N–H and O–H groups in total. The van der Waals surface area contributed by atoms with E-state index < -0.39 is 0 Å². The van der Waals surface area contributed by atoms with Crippen LogP contribution in [-0.2, 0) is 6.54 Å². The number of benzene rings is 1. The number of hydrogen-bond donors (Lipinski definition) is 1. The van der Waals surface area contributed by atoms with Crippen molar-refractivity contribution >= 4 is 17.3 Å². The molecule has 6 heteroatoms. The molecule has 0 radical (unpaired) electrons. The minimum atomic E-state index is 0.481. The van der Waals surface area contributed by atoms with Gasteiger partial charge in [-0.05, 0) is 12.0 Å². The molecule has 0 unspecified atom stereocenters. The van der Waals surface area contributed by atoms with Crippen molar-refractivity contribution in [3.05, 3.63) is 23.5 Å². The van der Waals surface area contributed by atoms with E-state index in [1.54, 1.807) is 25.6 Å². The summed E-state index contributed by atoms with van der Waals surface area (Å²) < 4.78 is 7.33. The highest BCUT2D eigenvalue weighted by Crippen LogP contribution is 2.35. The van der Waals surface area contributed by atoms with Gasteiger partial charge in [0.15, 0.2) is 5.82 Å². The molecule has 0 saturated heterocycles. The van der Waals surface area contributed by atoms with Crippen LogP contribution in [0.4, 0.5) is 5.69 Å². The van der Waals surface area contributed by atoms with Crippen LogP contribution in [0.25, 0.3) is 11.4 Å². The number of anilines is 1. The van der Waals surface area contributed by atoms with Crippen LogP contribution in [0, 0.1) is 5.92 Å². The number of methoxy groups -OCH3 is 1. The van der Waals surface area contributed by atoms with Gasteiger partial charge >= 0.3 is 0 Å². The van der Waals surface area contributed by atoms with Crippen molar-refractivity contribution in [2.45, 2.75) is 20.4 Å². The van der Waals surface area contributed by atoms with Gasteiger partial charge in [0.05, 0.1) is 23.4 Å². The normalized spacial score (nSPS) is 11.0. The summed E-state index contributed by atoms with van der Waals surface area (Å²) in [5.41, 5.74) is 7.06. The van der Waals surface area contributed by atoms with Crippen LogP contribution in [0.3, 0.4) is 0 Å². The summed E-state index contributed by atoms with van der Waals surface area (Å²) in [6, 6.07) is 3.46. The van der Waals surface area contributed by atoms with Crippen molar-refractivity contribution in [3.8, 4) is 17.1 Å².